The monoisotopic (exact) mass is 343 g/mol. The van der Waals surface area contributed by atoms with Crippen LogP contribution in [-0.4, -0.2) is 11.1 Å². The van der Waals surface area contributed by atoms with Crippen molar-refractivity contribution in [2.24, 2.45) is 0 Å². The van der Waals surface area contributed by atoms with Crippen molar-refractivity contribution in [2.45, 2.75) is 13.0 Å². The highest BCUT2D eigenvalue weighted by Gasteiger charge is 2.13. The lowest BCUT2D eigenvalue weighted by atomic mass is 10.1. The van der Waals surface area contributed by atoms with Gasteiger partial charge in [0.15, 0.2) is 0 Å². The molecule has 1 aromatic carbocycles. The number of nitrogens with one attached hydrogen (secondary N) is 1. The van der Waals surface area contributed by atoms with E-state index in [4.69, 9.17) is 5.11 Å². The lowest BCUT2D eigenvalue weighted by Crippen LogP contribution is -2.07. The van der Waals surface area contributed by atoms with E-state index in [1.807, 2.05) is 18.4 Å². The van der Waals surface area contributed by atoms with Crippen molar-refractivity contribution in [2.75, 3.05) is 5.32 Å². The van der Waals surface area contributed by atoms with Crippen LogP contribution in [0, 0.1) is 5.82 Å². The number of carboxylic acid groups (broad SMARTS) is 1. The van der Waals surface area contributed by atoms with Crippen molar-refractivity contribution in [1.29, 1.82) is 0 Å². The van der Waals surface area contributed by atoms with Gasteiger partial charge in [0.1, 0.15) is 5.82 Å². The number of hydrogen-bond donors (Lipinski definition) is 2. The summed E-state index contributed by atoms with van der Waals surface area (Å²) < 4.78 is 14.3. The Labute approximate surface area is 122 Å². The molecule has 0 saturated heterocycles. The molecule has 0 aliphatic heterocycles. The average Bonchev–Trinajstić information content (AvgIpc) is 2.78. The van der Waals surface area contributed by atoms with E-state index in [1.165, 1.54) is 12.1 Å². The summed E-state index contributed by atoms with van der Waals surface area (Å²) in [5, 5.41) is 14.0. The number of rotatable bonds is 4. The number of carboxylic acids is 1. The molecule has 2 aromatic rings. The van der Waals surface area contributed by atoms with Gasteiger partial charge in [-0.1, -0.05) is 0 Å². The molecule has 0 saturated carbocycles. The van der Waals surface area contributed by atoms with Crippen LogP contribution >= 0.6 is 27.3 Å². The molecule has 0 bridgehead atoms. The first-order chi connectivity index (χ1) is 8.97. The lowest BCUT2D eigenvalue weighted by molar-refractivity contribution is 0.0692. The number of hydrogen-bond acceptors (Lipinski definition) is 3. The van der Waals surface area contributed by atoms with Gasteiger partial charge in [0.25, 0.3) is 0 Å². The van der Waals surface area contributed by atoms with Gasteiger partial charge in [-0.25, -0.2) is 9.18 Å². The molecule has 2 N–H and O–H groups in total. The Morgan fingerprint density at radius 3 is 2.79 bits per heavy atom. The fraction of sp³-hybridized carbons (Fsp3) is 0.154. The predicted octanol–water partition coefficient (Wildman–Crippen LogP) is 4.52. The zero-order valence-electron chi connectivity index (χ0n) is 9.98. The summed E-state index contributed by atoms with van der Waals surface area (Å²) >= 11 is 4.97. The number of thiophene rings is 1. The van der Waals surface area contributed by atoms with Crippen LogP contribution < -0.4 is 5.32 Å². The first-order valence-electron chi connectivity index (χ1n) is 5.50. The largest absolute Gasteiger partial charge is 0.478 e. The molecule has 0 spiro atoms. The average molecular weight is 344 g/mol. The van der Waals surface area contributed by atoms with Gasteiger partial charge in [0, 0.05) is 20.4 Å². The van der Waals surface area contributed by atoms with E-state index in [-0.39, 0.29) is 11.6 Å². The Morgan fingerprint density at radius 1 is 1.47 bits per heavy atom. The first-order valence-corrected chi connectivity index (χ1v) is 7.18. The molecule has 100 valence electrons. The van der Waals surface area contributed by atoms with Crippen LogP contribution in [0.25, 0.3) is 0 Å². The van der Waals surface area contributed by atoms with Crippen LogP contribution in [0.4, 0.5) is 10.1 Å². The predicted molar refractivity (Wildman–Crippen MR) is 77.4 cm³/mol. The smallest absolute Gasteiger partial charge is 0.338 e. The second-order valence-corrected chi connectivity index (χ2v) is 5.89. The normalized spacial score (nSPS) is 12.2. The minimum Gasteiger partial charge on any atom is -0.478 e. The van der Waals surface area contributed by atoms with Crippen LogP contribution in [0.2, 0.25) is 0 Å². The van der Waals surface area contributed by atoms with E-state index in [0.717, 1.165) is 15.4 Å². The van der Waals surface area contributed by atoms with Crippen molar-refractivity contribution < 1.29 is 14.3 Å². The Kier molecular flexibility index (Phi) is 4.21. The molecule has 1 heterocycles. The minimum absolute atomic E-state index is 0.0170. The Balaban J connectivity index is 2.19. The van der Waals surface area contributed by atoms with E-state index < -0.39 is 11.8 Å². The third kappa shape index (κ3) is 3.33. The summed E-state index contributed by atoms with van der Waals surface area (Å²) in [5.74, 6) is -2.00. The third-order valence-corrected chi connectivity index (χ3v) is 4.47. The van der Waals surface area contributed by atoms with Gasteiger partial charge >= 0.3 is 5.97 Å². The van der Waals surface area contributed by atoms with E-state index in [2.05, 4.69) is 21.2 Å². The topological polar surface area (TPSA) is 49.3 Å². The lowest BCUT2D eigenvalue weighted by Gasteiger charge is -2.14. The summed E-state index contributed by atoms with van der Waals surface area (Å²) in [7, 11) is 0. The minimum atomic E-state index is -1.27. The second-order valence-electron chi connectivity index (χ2n) is 4.03. The first kappa shape index (κ1) is 14.0. The number of halogens is 2. The standard InChI is InChI=1S/C13H11BrFNO2S/c1-7(12-4-8(14)6-19-12)16-9-2-3-11(15)10(5-9)13(17)18/h2-7,16H,1H3,(H,17,18). The Morgan fingerprint density at radius 2 is 2.21 bits per heavy atom. The molecule has 19 heavy (non-hydrogen) atoms. The number of carbonyl (C=O) groups is 1. The summed E-state index contributed by atoms with van der Waals surface area (Å²) in [5.41, 5.74) is 0.250. The summed E-state index contributed by atoms with van der Waals surface area (Å²) in [6.07, 6.45) is 0. The Bertz CT molecular complexity index is 614. The molecule has 6 heteroatoms. The van der Waals surface area contributed by atoms with Gasteiger partial charge in [0.2, 0.25) is 0 Å². The highest BCUT2D eigenvalue weighted by molar-refractivity contribution is 9.10. The molecular formula is C13H11BrFNO2S. The molecule has 1 atom stereocenters. The zero-order valence-corrected chi connectivity index (χ0v) is 12.4. The van der Waals surface area contributed by atoms with E-state index in [0.29, 0.717) is 5.69 Å². The van der Waals surface area contributed by atoms with Crippen molar-refractivity contribution >= 4 is 38.9 Å². The third-order valence-electron chi connectivity index (χ3n) is 2.59. The van der Waals surface area contributed by atoms with Crippen LogP contribution in [0.15, 0.2) is 34.1 Å². The van der Waals surface area contributed by atoms with E-state index in [9.17, 15) is 9.18 Å². The van der Waals surface area contributed by atoms with Gasteiger partial charge in [-0.15, -0.1) is 11.3 Å². The second kappa shape index (κ2) is 5.71. The van der Waals surface area contributed by atoms with Gasteiger partial charge < -0.3 is 10.4 Å². The SMILES string of the molecule is CC(Nc1ccc(F)c(C(=O)O)c1)c1cc(Br)cs1. The van der Waals surface area contributed by atoms with E-state index in [1.54, 1.807) is 11.3 Å². The van der Waals surface area contributed by atoms with Gasteiger partial charge in [-0.05, 0) is 47.1 Å². The maximum atomic E-state index is 13.3. The fourth-order valence-electron chi connectivity index (χ4n) is 1.66. The number of aromatic carboxylic acids is 1. The van der Waals surface area contributed by atoms with Crippen molar-refractivity contribution in [3.05, 3.63) is 50.4 Å². The maximum absolute atomic E-state index is 13.3. The van der Waals surface area contributed by atoms with Crippen LogP contribution in [0.5, 0.6) is 0 Å². The molecule has 1 aromatic heterocycles. The summed E-state index contributed by atoms with van der Waals surface area (Å²) in [6, 6.07) is 5.99. The highest BCUT2D eigenvalue weighted by Crippen LogP contribution is 2.28. The molecule has 2 rings (SSSR count). The van der Waals surface area contributed by atoms with Crippen molar-refractivity contribution in [3.8, 4) is 0 Å². The highest BCUT2D eigenvalue weighted by atomic mass is 79.9. The molecule has 0 aliphatic carbocycles. The molecule has 0 fully saturated rings. The van der Waals surface area contributed by atoms with Crippen LogP contribution in [-0.2, 0) is 0 Å². The van der Waals surface area contributed by atoms with Crippen molar-refractivity contribution in [1.82, 2.24) is 0 Å². The number of anilines is 1. The summed E-state index contributed by atoms with van der Waals surface area (Å²) in [4.78, 5) is 12.0. The van der Waals surface area contributed by atoms with Crippen LogP contribution in [0.3, 0.4) is 0 Å². The fourth-order valence-corrected chi connectivity index (χ4v) is 3.11. The Hall–Kier alpha value is -1.40. The summed E-state index contributed by atoms with van der Waals surface area (Å²) in [6.45, 7) is 1.96. The number of benzene rings is 1. The van der Waals surface area contributed by atoms with Gasteiger partial charge in [-0.3, -0.25) is 0 Å². The molecule has 0 amide bonds. The van der Waals surface area contributed by atoms with Crippen LogP contribution in [0.1, 0.15) is 28.2 Å². The van der Waals surface area contributed by atoms with Gasteiger partial charge in [-0.2, -0.15) is 0 Å². The molecule has 3 nitrogen and oxygen atoms in total. The molecular weight excluding hydrogens is 333 g/mol. The quantitative estimate of drug-likeness (QED) is 0.857. The molecule has 1 unspecified atom stereocenters. The maximum Gasteiger partial charge on any atom is 0.338 e. The van der Waals surface area contributed by atoms with Gasteiger partial charge in [0.05, 0.1) is 11.6 Å². The zero-order chi connectivity index (χ0) is 14.0. The molecule has 0 aliphatic rings. The molecule has 0 radical (unpaired) electrons. The van der Waals surface area contributed by atoms with Crippen molar-refractivity contribution in [3.63, 3.8) is 0 Å². The van der Waals surface area contributed by atoms with E-state index >= 15 is 0 Å².